The molecular weight excluding hydrogens is 296 g/mol. The molecular formula is C14H17ClN2O4. The molecule has 1 saturated carbocycles. The van der Waals surface area contributed by atoms with Crippen LogP contribution in [0.3, 0.4) is 0 Å². The monoisotopic (exact) mass is 312 g/mol. The Balaban J connectivity index is 1.96. The molecule has 114 valence electrons. The van der Waals surface area contributed by atoms with Crippen molar-refractivity contribution in [2.75, 3.05) is 12.4 Å². The van der Waals surface area contributed by atoms with Gasteiger partial charge in [-0.3, -0.25) is 0 Å². The molecule has 21 heavy (non-hydrogen) atoms. The predicted molar refractivity (Wildman–Crippen MR) is 79.0 cm³/mol. The highest BCUT2D eigenvalue weighted by molar-refractivity contribution is 6.33. The summed E-state index contributed by atoms with van der Waals surface area (Å²) in [4.78, 5) is 22.8. The number of carboxylic acid groups (broad SMARTS) is 1. The van der Waals surface area contributed by atoms with Crippen molar-refractivity contribution in [1.29, 1.82) is 0 Å². The molecule has 1 aliphatic rings. The standard InChI is InChI=1S/C14H17ClN2O4/c1-21-12-4-2-3-11(12)17-14(20)16-8-5-6-9(13(18)19)10(15)7-8/h5-7,11-12H,2-4H2,1H3,(H,18,19)(H2,16,17,20). The first kappa shape index (κ1) is 15.6. The summed E-state index contributed by atoms with van der Waals surface area (Å²) < 4.78 is 5.31. The van der Waals surface area contributed by atoms with Gasteiger partial charge in [-0.25, -0.2) is 9.59 Å². The van der Waals surface area contributed by atoms with Gasteiger partial charge in [0.15, 0.2) is 0 Å². The summed E-state index contributed by atoms with van der Waals surface area (Å²) in [5.74, 6) is -1.11. The maximum atomic E-state index is 11.9. The molecule has 0 spiro atoms. The summed E-state index contributed by atoms with van der Waals surface area (Å²) in [6.07, 6.45) is 2.86. The summed E-state index contributed by atoms with van der Waals surface area (Å²) in [5, 5.41) is 14.5. The highest BCUT2D eigenvalue weighted by Crippen LogP contribution is 2.23. The Labute approximate surface area is 127 Å². The van der Waals surface area contributed by atoms with E-state index >= 15 is 0 Å². The molecule has 2 unspecified atom stereocenters. The number of anilines is 1. The summed E-state index contributed by atoms with van der Waals surface area (Å²) in [6, 6.07) is 3.89. The number of urea groups is 1. The van der Waals surface area contributed by atoms with Gasteiger partial charge in [-0.15, -0.1) is 0 Å². The third kappa shape index (κ3) is 3.86. The van der Waals surface area contributed by atoms with Gasteiger partial charge in [0.05, 0.1) is 22.7 Å². The number of amides is 2. The number of methoxy groups -OCH3 is 1. The number of halogens is 1. The van der Waals surface area contributed by atoms with Crippen LogP contribution >= 0.6 is 11.6 Å². The van der Waals surface area contributed by atoms with E-state index in [1.165, 1.54) is 18.2 Å². The first-order valence-corrected chi connectivity index (χ1v) is 7.02. The predicted octanol–water partition coefficient (Wildman–Crippen LogP) is 2.73. The minimum absolute atomic E-state index is 0.00198. The van der Waals surface area contributed by atoms with E-state index in [9.17, 15) is 9.59 Å². The number of carboxylic acids is 1. The number of benzene rings is 1. The van der Waals surface area contributed by atoms with Crippen molar-refractivity contribution in [3.63, 3.8) is 0 Å². The average Bonchev–Trinajstić information content (AvgIpc) is 2.85. The Hall–Kier alpha value is -1.79. The van der Waals surface area contributed by atoms with E-state index in [1.807, 2.05) is 0 Å². The van der Waals surface area contributed by atoms with Crippen LogP contribution in [0.25, 0.3) is 0 Å². The number of carbonyl (C=O) groups is 2. The lowest BCUT2D eigenvalue weighted by atomic mass is 10.2. The van der Waals surface area contributed by atoms with Crippen molar-refractivity contribution in [1.82, 2.24) is 5.32 Å². The third-order valence-electron chi connectivity index (χ3n) is 3.53. The molecule has 0 aliphatic heterocycles. The fourth-order valence-electron chi connectivity index (χ4n) is 2.48. The Morgan fingerprint density at radius 3 is 2.76 bits per heavy atom. The van der Waals surface area contributed by atoms with Crippen LogP contribution in [0, 0.1) is 0 Å². The van der Waals surface area contributed by atoms with Crippen molar-refractivity contribution in [2.24, 2.45) is 0 Å². The Morgan fingerprint density at radius 1 is 1.38 bits per heavy atom. The Kier molecular flexibility index (Phi) is 5.03. The number of rotatable bonds is 4. The number of hydrogen-bond donors (Lipinski definition) is 3. The van der Waals surface area contributed by atoms with Crippen LogP contribution in [0.15, 0.2) is 18.2 Å². The van der Waals surface area contributed by atoms with Crippen LogP contribution in [-0.2, 0) is 4.74 Å². The lowest BCUT2D eigenvalue weighted by Crippen LogP contribution is -2.42. The fraction of sp³-hybridized carbons (Fsp3) is 0.429. The molecule has 7 heteroatoms. The second-order valence-corrected chi connectivity index (χ2v) is 5.32. The van der Waals surface area contributed by atoms with Crippen molar-refractivity contribution in [3.05, 3.63) is 28.8 Å². The van der Waals surface area contributed by atoms with Gasteiger partial charge in [-0.2, -0.15) is 0 Å². The minimum atomic E-state index is -1.11. The van der Waals surface area contributed by atoms with Gasteiger partial charge in [-0.1, -0.05) is 11.6 Å². The molecule has 0 saturated heterocycles. The Morgan fingerprint density at radius 2 is 2.14 bits per heavy atom. The molecule has 1 aromatic carbocycles. The number of ether oxygens (including phenoxy) is 1. The summed E-state index contributed by atoms with van der Waals surface area (Å²) in [5.41, 5.74) is 0.437. The molecule has 2 rings (SSSR count). The second kappa shape index (κ2) is 6.78. The average molecular weight is 313 g/mol. The van der Waals surface area contributed by atoms with Crippen molar-refractivity contribution in [3.8, 4) is 0 Å². The van der Waals surface area contributed by atoms with E-state index in [0.717, 1.165) is 19.3 Å². The summed E-state index contributed by atoms with van der Waals surface area (Å²) >= 11 is 5.85. The zero-order chi connectivity index (χ0) is 15.4. The molecule has 2 atom stereocenters. The van der Waals surface area contributed by atoms with E-state index in [4.69, 9.17) is 21.4 Å². The highest BCUT2D eigenvalue weighted by atomic mass is 35.5. The molecule has 0 aromatic heterocycles. The van der Waals surface area contributed by atoms with Crippen LogP contribution in [0.4, 0.5) is 10.5 Å². The molecule has 3 N–H and O–H groups in total. The number of aromatic carboxylic acids is 1. The highest BCUT2D eigenvalue weighted by Gasteiger charge is 2.28. The van der Waals surface area contributed by atoms with E-state index < -0.39 is 5.97 Å². The normalized spacial score (nSPS) is 21.0. The summed E-state index contributed by atoms with van der Waals surface area (Å²) in [7, 11) is 1.63. The van der Waals surface area contributed by atoms with Crippen LogP contribution in [-0.4, -0.2) is 36.4 Å². The van der Waals surface area contributed by atoms with Crippen LogP contribution in [0.2, 0.25) is 5.02 Å². The van der Waals surface area contributed by atoms with E-state index in [1.54, 1.807) is 7.11 Å². The zero-order valence-corrected chi connectivity index (χ0v) is 12.3. The maximum Gasteiger partial charge on any atom is 0.337 e. The molecule has 1 aliphatic carbocycles. The lowest BCUT2D eigenvalue weighted by molar-refractivity contribution is 0.0697. The van der Waals surface area contributed by atoms with Crippen molar-refractivity contribution >= 4 is 29.3 Å². The molecule has 6 nitrogen and oxygen atoms in total. The number of carbonyl (C=O) groups excluding carboxylic acids is 1. The Bertz CT molecular complexity index is 550. The smallest absolute Gasteiger partial charge is 0.337 e. The molecule has 0 heterocycles. The fourth-order valence-corrected chi connectivity index (χ4v) is 2.74. The van der Waals surface area contributed by atoms with Crippen LogP contribution in [0.5, 0.6) is 0 Å². The van der Waals surface area contributed by atoms with Crippen LogP contribution in [0.1, 0.15) is 29.6 Å². The van der Waals surface area contributed by atoms with Gasteiger partial charge >= 0.3 is 12.0 Å². The topological polar surface area (TPSA) is 87.7 Å². The first-order valence-electron chi connectivity index (χ1n) is 6.64. The molecule has 1 fully saturated rings. The van der Waals surface area contributed by atoms with Gasteiger partial charge in [-0.05, 0) is 37.5 Å². The molecule has 1 aromatic rings. The largest absolute Gasteiger partial charge is 0.478 e. The SMILES string of the molecule is COC1CCCC1NC(=O)Nc1ccc(C(=O)O)c(Cl)c1. The van der Waals surface area contributed by atoms with Crippen molar-refractivity contribution < 1.29 is 19.4 Å². The van der Waals surface area contributed by atoms with Crippen molar-refractivity contribution in [2.45, 2.75) is 31.4 Å². The van der Waals surface area contributed by atoms with Gasteiger partial charge < -0.3 is 20.5 Å². The van der Waals surface area contributed by atoms with E-state index in [0.29, 0.717) is 5.69 Å². The van der Waals surface area contributed by atoms with Crippen LogP contribution < -0.4 is 10.6 Å². The third-order valence-corrected chi connectivity index (χ3v) is 3.84. The zero-order valence-electron chi connectivity index (χ0n) is 11.6. The van der Waals surface area contributed by atoms with E-state index in [2.05, 4.69) is 10.6 Å². The van der Waals surface area contributed by atoms with Gasteiger partial charge in [0, 0.05) is 12.8 Å². The quantitative estimate of drug-likeness (QED) is 0.797. The van der Waals surface area contributed by atoms with Gasteiger partial charge in [0.2, 0.25) is 0 Å². The first-order chi connectivity index (χ1) is 10.0. The maximum absolute atomic E-state index is 11.9. The van der Waals surface area contributed by atoms with Gasteiger partial charge in [0.25, 0.3) is 0 Å². The number of nitrogens with one attached hydrogen (secondary N) is 2. The second-order valence-electron chi connectivity index (χ2n) is 4.91. The molecule has 2 amide bonds. The van der Waals surface area contributed by atoms with E-state index in [-0.39, 0.29) is 28.8 Å². The minimum Gasteiger partial charge on any atom is -0.478 e. The lowest BCUT2D eigenvalue weighted by Gasteiger charge is -2.20. The number of hydrogen-bond acceptors (Lipinski definition) is 3. The van der Waals surface area contributed by atoms with Gasteiger partial charge in [0.1, 0.15) is 0 Å². The summed E-state index contributed by atoms with van der Waals surface area (Å²) in [6.45, 7) is 0. The molecule has 0 bridgehead atoms. The molecule has 0 radical (unpaired) electrons.